The van der Waals surface area contributed by atoms with Crippen molar-refractivity contribution in [3.8, 4) is 5.88 Å². The third-order valence-electron chi connectivity index (χ3n) is 5.73. The maximum Gasteiger partial charge on any atom is 0.344 e. The lowest BCUT2D eigenvalue weighted by Crippen LogP contribution is -2.43. The van der Waals surface area contributed by atoms with Crippen LogP contribution in [0, 0.1) is 0 Å². The van der Waals surface area contributed by atoms with Crippen molar-refractivity contribution in [2.24, 2.45) is 0 Å². The molecule has 140 valence electrons. The van der Waals surface area contributed by atoms with Crippen LogP contribution in [0.5, 0.6) is 5.88 Å². The zero-order valence-electron chi connectivity index (χ0n) is 15.0. The number of nitrogens with one attached hydrogen (secondary N) is 1. The van der Waals surface area contributed by atoms with Crippen molar-refractivity contribution in [2.75, 3.05) is 19.0 Å². The summed E-state index contributed by atoms with van der Waals surface area (Å²) in [6, 6.07) is 8.88. The summed E-state index contributed by atoms with van der Waals surface area (Å²) < 4.78 is 11.8. The summed E-state index contributed by atoms with van der Waals surface area (Å²) in [5.41, 5.74) is 1.43. The van der Waals surface area contributed by atoms with Gasteiger partial charge in [0.1, 0.15) is 11.7 Å². The summed E-state index contributed by atoms with van der Waals surface area (Å²) in [6.07, 6.45) is 5.16. The molecule has 4 rings (SSSR count). The summed E-state index contributed by atoms with van der Waals surface area (Å²) >= 11 is 3.41. The fourth-order valence-electron chi connectivity index (χ4n) is 4.33. The van der Waals surface area contributed by atoms with Crippen molar-refractivity contribution in [3.63, 3.8) is 0 Å². The molecule has 2 aliphatic rings. The van der Waals surface area contributed by atoms with E-state index < -0.39 is 0 Å². The number of alkyl halides is 1. The largest absolute Gasteiger partial charge is 0.478 e. The maximum absolute atomic E-state index is 13.0. The molecule has 26 heavy (non-hydrogen) atoms. The Morgan fingerprint density at radius 2 is 2.00 bits per heavy atom. The predicted molar refractivity (Wildman–Crippen MR) is 105 cm³/mol. The summed E-state index contributed by atoms with van der Waals surface area (Å²) in [7, 11) is 2.19. The highest BCUT2D eigenvalue weighted by Crippen LogP contribution is 2.37. The van der Waals surface area contributed by atoms with Gasteiger partial charge < -0.3 is 19.4 Å². The van der Waals surface area contributed by atoms with Gasteiger partial charge in [-0.25, -0.2) is 4.79 Å². The first-order valence-electron chi connectivity index (χ1n) is 9.39. The molecule has 2 bridgehead atoms. The number of aromatic nitrogens is 1. The van der Waals surface area contributed by atoms with Gasteiger partial charge in [-0.15, -0.1) is 0 Å². The molecule has 2 saturated heterocycles. The molecule has 0 radical (unpaired) electrons. The number of nitrogens with zero attached hydrogens (tertiary/aromatic N) is 1. The molecule has 0 saturated carbocycles. The molecule has 3 heterocycles. The molecular formula is C20H25BrN2O3. The highest BCUT2D eigenvalue weighted by atomic mass is 79.9. The molecule has 3 atom stereocenters. The monoisotopic (exact) mass is 420 g/mol. The van der Waals surface area contributed by atoms with Crippen LogP contribution >= 0.6 is 15.9 Å². The van der Waals surface area contributed by atoms with Crippen LogP contribution < -0.4 is 4.74 Å². The van der Waals surface area contributed by atoms with Crippen LogP contribution in [-0.2, 0) is 4.74 Å². The van der Waals surface area contributed by atoms with Crippen LogP contribution in [-0.4, -0.2) is 53.0 Å². The Hall–Kier alpha value is -1.53. The lowest BCUT2D eigenvalue weighted by atomic mass is 10.0. The van der Waals surface area contributed by atoms with Crippen LogP contribution in [0.1, 0.15) is 42.5 Å². The predicted octanol–water partition coefficient (Wildman–Crippen LogP) is 4.11. The van der Waals surface area contributed by atoms with Gasteiger partial charge in [0, 0.05) is 41.2 Å². The van der Waals surface area contributed by atoms with Crippen LogP contribution in [0.2, 0.25) is 0 Å². The van der Waals surface area contributed by atoms with Crippen LogP contribution in [0.25, 0.3) is 10.9 Å². The molecule has 2 aliphatic heterocycles. The van der Waals surface area contributed by atoms with E-state index >= 15 is 0 Å². The SMILES string of the molecule is CN1[C@@H]2CC[C@H]1C[C@@H](OC(=O)c1c(OCCCBr)[nH]c3ccccc13)C2. The van der Waals surface area contributed by atoms with E-state index in [2.05, 4.69) is 32.9 Å². The minimum Gasteiger partial charge on any atom is -0.478 e. The first kappa shape index (κ1) is 17.9. The number of benzene rings is 1. The number of rotatable bonds is 6. The van der Waals surface area contributed by atoms with Gasteiger partial charge in [-0.05, 0) is 32.4 Å². The fourth-order valence-corrected chi connectivity index (χ4v) is 4.55. The second kappa shape index (κ2) is 7.61. The summed E-state index contributed by atoms with van der Waals surface area (Å²) in [5.74, 6) is 0.248. The average molecular weight is 421 g/mol. The van der Waals surface area contributed by atoms with Gasteiger partial charge in [0.05, 0.1) is 6.61 Å². The van der Waals surface area contributed by atoms with E-state index in [0.29, 0.717) is 30.1 Å². The number of esters is 1. The second-order valence-electron chi connectivity index (χ2n) is 7.31. The van der Waals surface area contributed by atoms with Crippen molar-refractivity contribution < 1.29 is 14.3 Å². The number of hydrogen-bond acceptors (Lipinski definition) is 4. The van der Waals surface area contributed by atoms with Crippen LogP contribution in [0.4, 0.5) is 0 Å². The number of ether oxygens (including phenoxy) is 2. The maximum atomic E-state index is 13.0. The highest BCUT2D eigenvalue weighted by Gasteiger charge is 2.40. The molecule has 2 fully saturated rings. The van der Waals surface area contributed by atoms with Gasteiger partial charge in [-0.2, -0.15) is 0 Å². The number of hydrogen-bond donors (Lipinski definition) is 1. The Balaban J connectivity index is 1.54. The molecule has 0 aliphatic carbocycles. The van der Waals surface area contributed by atoms with E-state index in [1.54, 1.807) is 0 Å². The number of piperidine rings is 1. The Labute approximate surface area is 162 Å². The van der Waals surface area contributed by atoms with Gasteiger partial charge in [-0.3, -0.25) is 0 Å². The fraction of sp³-hybridized carbons (Fsp3) is 0.550. The van der Waals surface area contributed by atoms with Gasteiger partial charge in [0.25, 0.3) is 0 Å². The minimum absolute atomic E-state index is 0.000235. The van der Waals surface area contributed by atoms with Gasteiger partial charge in [-0.1, -0.05) is 34.1 Å². The van der Waals surface area contributed by atoms with Crippen molar-refractivity contribution in [1.29, 1.82) is 0 Å². The Bertz CT molecular complexity index is 776. The van der Waals surface area contributed by atoms with E-state index in [0.717, 1.165) is 35.5 Å². The smallest absolute Gasteiger partial charge is 0.344 e. The molecule has 0 amide bonds. The molecule has 5 nitrogen and oxygen atoms in total. The quantitative estimate of drug-likeness (QED) is 0.433. The Morgan fingerprint density at radius 3 is 2.73 bits per heavy atom. The molecule has 1 aromatic heterocycles. The average Bonchev–Trinajstić information content (AvgIpc) is 3.08. The standard InChI is InChI=1S/C20H25BrN2O3/c1-23-13-7-8-14(23)12-15(11-13)26-20(24)18-16-5-2-3-6-17(16)22-19(18)25-10-4-9-21/h2-3,5-6,13-15,22H,4,7-12H2,1H3/t13-,14+,15+. The molecular weight excluding hydrogens is 396 g/mol. The molecule has 2 aromatic rings. The molecule has 0 unspecified atom stereocenters. The number of para-hydroxylation sites is 1. The highest BCUT2D eigenvalue weighted by molar-refractivity contribution is 9.09. The molecule has 1 aromatic carbocycles. The van der Waals surface area contributed by atoms with Gasteiger partial charge in [0.2, 0.25) is 5.88 Å². The van der Waals surface area contributed by atoms with Crippen molar-refractivity contribution >= 4 is 32.8 Å². The topological polar surface area (TPSA) is 54.6 Å². The normalized spacial score (nSPS) is 25.5. The van der Waals surface area contributed by atoms with Gasteiger partial charge >= 0.3 is 5.97 Å². The zero-order valence-corrected chi connectivity index (χ0v) is 16.6. The Kier molecular flexibility index (Phi) is 5.23. The van der Waals surface area contributed by atoms with Crippen LogP contribution in [0.15, 0.2) is 24.3 Å². The van der Waals surface area contributed by atoms with Crippen molar-refractivity contribution in [3.05, 3.63) is 29.8 Å². The van der Waals surface area contributed by atoms with E-state index in [9.17, 15) is 4.79 Å². The van der Waals surface area contributed by atoms with Crippen LogP contribution in [0.3, 0.4) is 0 Å². The third kappa shape index (κ3) is 3.37. The minimum atomic E-state index is -0.273. The first-order valence-corrected chi connectivity index (χ1v) is 10.5. The zero-order chi connectivity index (χ0) is 18.1. The van der Waals surface area contributed by atoms with E-state index in [1.165, 1.54) is 12.8 Å². The number of carbonyl (C=O) groups is 1. The molecule has 6 heteroatoms. The van der Waals surface area contributed by atoms with Crippen molar-refractivity contribution in [1.82, 2.24) is 9.88 Å². The van der Waals surface area contributed by atoms with E-state index in [1.807, 2.05) is 24.3 Å². The second-order valence-corrected chi connectivity index (χ2v) is 8.11. The molecule has 0 spiro atoms. The summed E-state index contributed by atoms with van der Waals surface area (Å²) in [5, 5.41) is 1.73. The van der Waals surface area contributed by atoms with E-state index in [4.69, 9.17) is 9.47 Å². The number of aromatic amines is 1. The Morgan fingerprint density at radius 1 is 1.27 bits per heavy atom. The lowest BCUT2D eigenvalue weighted by molar-refractivity contribution is -0.000554. The molecule has 1 N–H and O–H groups in total. The van der Waals surface area contributed by atoms with Gasteiger partial charge in [0.15, 0.2) is 0 Å². The summed E-state index contributed by atoms with van der Waals surface area (Å²) in [4.78, 5) is 18.7. The number of H-pyrrole nitrogens is 1. The lowest BCUT2D eigenvalue weighted by Gasteiger charge is -2.35. The first-order chi connectivity index (χ1) is 12.7. The van der Waals surface area contributed by atoms with Crippen molar-refractivity contribution in [2.45, 2.75) is 50.3 Å². The number of halogens is 1. The third-order valence-corrected chi connectivity index (χ3v) is 6.29. The number of fused-ring (bicyclic) bond motifs is 3. The summed E-state index contributed by atoms with van der Waals surface area (Å²) in [6.45, 7) is 0.552. The number of carbonyl (C=O) groups excluding carboxylic acids is 1. The van der Waals surface area contributed by atoms with E-state index in [-0.39, 0.29) is 12.1 Å².